The molecule has 0 bridgehead atoms. The summed E-state index contributed by atoms with van der Waals surface area (Å²) in [5.41, 5.74) is 0.752. The van der Waals surface area contributed by atoms with Crippen molar-refractivity contribution in [1.82, 2.24) is 15.5 Å². The Morgan fingerprint density at radius 2 is 2.30 bits per heavy atom. The van der Waals surface area contributed by atoms with Crippen molar-refractivity contribution >= 4 is 29.3 Å². The molecular formula is C13H14ClN3O2S. The second-order valence-corrected chi connectivity index (χ2v) is 5.77. The largest absolute Gasteiger partial charge is 0.411 e. The number of rotatable bonds is 5. The zero-order valence-electron chi connectivity index (χ0n) is 11.1. The van der Waals surface area contributed by atoms with Crippen molar-refractivity contribution in [2.75, 3.05) is 6.54 Å². The molecular weight excluding hydrogens is 298 g/mol. The van der Waals surface area contributed by atoms with Crippen LogP contribution in [-0.2, 0) is 4.79 Å². The molecule has 0 saturated carbocycles. The smallest absolute Gasteiger partial charge is 0.277 e. The summed E-state index contributed by atoms with van der Waals surface area (Å²) < 4.78 is 5.53. The van der Waals surface area contributed by atoms with Crippen LogP contribution in [0.2, 0.25) is 5.02 Å². The first-order valence-electron chi connectivity index (χ1n) is 6.14. The number of thioether (sulfide) groups is 1. The van der Waals surface area contributed by atoms with Gasteiger partial charge in [-0.25, -0.2) is 0 Å². The number of hydrogen-bond donors (Lipinski definition) is 1. The van der Waals surface area contributed by atoms with Crippen LogP contribution in [0.3, 0.4) is 0 Å². The minimum atomic E-state index is -0.289. The Bertz CT molecular complexity index is 603. The van der Waals surface area contributed by atoms with Crippen LogP contribution < -0.4 is 5.32 Å². The molecule has 1 N–H and O–H groups in total. The number of carbonyl (C=O) groups excluding carboxylic acids is 1. The molecule has 0 aliphatic rings. The van der Waals surface area contributed by atoms with Gasteiger partial charge < -0.3 is 9.73 Å². The van der Waals surface area contributed by atoms with Gasteiger partial charge in [-0.1, -0.05) is 29.4 Å². The van der Waals surface area contributed by atoms with Crippen molar-refractivity contribution in [3.05, 3.63) is 29.3 Å². The molecule has 0 spiro atoms. The first-order chi connectivity index (χ1) is 9.60. The summed E-state index contributed by atoms with van der Waals surface area (Å²) in [6, 6.07) is 7.16. The van der Waals surface area contributed by atoms with Crippen LogP contribution in [0.15, 0.2) is 33.9 Å². The summed E-state index contributed by atoms with van der Waals surface area (Å²) in [5, 5.41) is 11.3. The van der Waals surface area contributed by atoms with Crippen LogP contribution in [-0.4, -0.2) is 27.9 Å². The van der Waals surface area contributed by atoms with E-state index in [1.165, 1.54) is 11.8 Å². The summed E-state index contributed by atoms with van der Waals surface area (Å²) in [6.07, 6.45) is 0. The lowest BCUT2D eigenvalue weighted by molar-refractivity contribution is -0.120. The number of benzene rings is 1. The zero-order chi connectivity index (χ0) is 14.5. The monoisotopic (exact) mass is 311 g/mol. The van der Waals surface area contributed by atoms with Gasteiger partial charge in [-0.05, 0) is 32.0 Å². The summed E-state index contributed by atoms with van der Waals surface area (Å²) in [5.74, 6) is 0.332. The Balaban J connectivity index is 2.08. The van der Waals surface area contributed by atoms with E-state index in [0.29, 0.717) is 22.7 Å². The fourth-order valence-corrected chi connectivity index (χ4v) is 2.42. The number of hydrogen-bond acceptors (Lipinski definition) is 5. The van der Waals surface area contributed by atoms with Gasteiger partial charge in [-0.2, -0.15) is 0 Å². The van der Waals surface area contributed by atoms with Crippen LogP contribution in [0.5, 0.6) is 0 Å². The molecule has 0 aliphatic carbocycles. The van der Waals surface area contributed by atoms with Gasteiger partial charge in [0.15, 0.2) is 0 Å². The summed E-state index contributed by atoms with van der Waals surface area (Å²) in [4.78, 5) is 11.6. The van der Waals surface area contributed by atoms with Crippen molar-refractivity contribution in [3.63, 3.8) is 0 Å². The lowest BCUT2D eigenvalue weighted by Crippen LogP contribution is -2.30. The molecule has 1 aromatic heterocycles. The molecule has 0 aliphatic heterocycles. The Morgan fingerprint density at radius 1 is 1.50 bits per heavy atom. The molecule has 0 unspecified atom stereocenters. The third kappa shape index (κ3) is 3.74. The number of nitrogens with one attached hydrogen (secondary N) is 1. The van der Waals surface area contributed by atoms with Gasteiger partial charge in [-0.15, -0.1) is 10.2 Å². The molecule has 0 radical (unpaired) electrons. The second kappa shape index (κ2) is 6.76. The van der Waals surface area contributed by atoms with E-state index in [2.05, 4.69) is 15.5 Å². The Hall–Kier alpha value is -1.53. The quantitative estimate of drug-likeness (QED) is 0.860. The third-order valence-corrected chi connectivity index (χ3v) is 3.65. The van der Waals surface area contributed by atoms with Crippen molar-refractivity contribution in [3.8, 4) is 11.5 Å². The minimum Gasteiger partial charge on any atom is -0.411 e. The van der Waals surface area contributed by atoms with E-state index in [-0.39, 0.29) is 11.2 Å². The molecule has 2 aromatic rings. The zero-order valence-corrected chi connectivity index (χ0v) is 12.7. The molecule has 20 heavy (non-hydrogen) atoms. The normalized spacial score (nSPS) is 12.2. The van der Waals surface area contributed by atoms with Crippen LogP contribution in [0.25, 0.3) is 11.5 Å². The highest BCUT2D eigenvalue weighted by Crippen LogP contribution is 2.27. The van der Waals surface area contributed by atoms with Gasteiger partial charge in [0, 0.05) is 17.1 Å². The topological polar surface area (TPSA) is 68.0 Å². The van der Waals surface area contributed by atoms with Gasteiger partial charge in [0.2, 0.25) is 11.8 Å². The van der Waals surface area contributed by atoms with E-state index in [4.69, 9.17) is 16.0 Å². The highest BCUT2D eigenvalue weighted by Gasteiger charge is 2.18. The van der Waals surface area contributed by atoms with Crippen LogP contribution in [0.4, 0.5) is 0 Å². The standard InChI is InChI=1S/C13H14ClN3O2S/c1-3-15-11(18)8(2)20-13-17-16-12(19-13)9-5-4-6-10(14)7-9/h4-8H,3H2,1-2H3,(H,15,18)/t8-/m1/s1. The minimum absolute atomic E-state index is 0.0556. The molecule has 5 nitrogen and oxygen atoms in total. The second-order valence-electron chi connectivity index (χ2n) is 4.04. The van der Waals surface area contributed by atoms with Crippen molar-refractivity contribution in [2.45, 2.75) is 24.3 Å². The van der Waals surface area contributed by atoms with Crippen molar-refractivity contribution in [2.24, 2.45) is 0 Å². The molecule has 1 amide bonds. The first-order valence-corrected chi connectivity index (χ1v) is 7.39. The maximum atomic E-state index is 11.6. The van der Waals surface area contributed by atoms with E-state index in [1.54, 1.807) is 19.1 Å². The SMILES string of the molecule is CCNC(=O)[C@@H](C)Sc1nnc(-c2cccc(Cl)c2)o1. The lowest BCUT2D eigenvalue weighted by atomic mass is 10.2. The molecule has 106 valence electrons. The van der Waals surface area contributed by atoms with Crippen LogP contribution >= 0.6 is 23.4 Å². The number of carbonyl (C=O) groups is 1. The van der Waals surface area contributed by atoms with Gasteiger partial charge >= 0.3 is 0 Å². The fourth-order valence-electron chi connectivity index (χ4n) is 1.52. The summed E-state index contributed by atoms with van der Waals surface area (Å²) >= 11 is 7.14. The molecule has 1 aromatic carbocycles. The fraction of sp³-hybridized carbons (Fsp3) is 0.308. The van der Waals surface area contributed by atoms with E-state index < -0.39 is 0 Å². The predicted octanol–water partition coefficient (Wildman–Crippen LogP) is 3.01. The van der Waals surface area contributed by atoms with E-state index >= 15 is 0 Å². The number of amides is 1. The lowest BCUT2D eigenvalue weighted by Gasteiger charge is -2.07. The van der Waals surface area contributed by atoms with E-state index in [0.717, 1.165) is 5.56 Å². The van der Waals surface area contributed by atoms with Gasteiger partial charge in [0.25, 0.3) is 5.22 Å². The molecule has 2 rings (SSSR count). The molecule has 0 saturated heterocycles. The summed E-state index contributed by atoms with van der Waals surface area (Å²) in [7, 11) is 0. The highest BCUT2D eigenvalue weighted by molar-refractivity contribution is 8.00. The van der Waals surface area contributed by atoms with E-state index in [1.807, 2.05) is 19.1 Å². The molecule has 1 atom stereocenters. The van der Waals surface area contributed by atoms with Crippen LogP contribution in [0.1, 0.15) is 13.8 Å². The van der Waals surface area contributed by atoms with Gasteiger partial charge in [0.1, 0.15) is 0 Å². The number of halogens is 1. The van der Waals surface area contributed by atoms with Crippen molar-refractivity contribution in [1.29, 1.82) is 0 Å². The van der Waals surface area contributed by atoms with Gasteiger partial charge in [-0.3, -0.25) is 4.79 Å². The van der Waals surface area contributed by atoms with E-state index in [9.17, 15) is 4.79 Å². The average Bonchev–Trinajstić information content (AvgIpc) is 2.87. The first kappa shape index (κ1) is 14.9. The Kier molecular flexibility index (Phi) is 5.03. The maximum Gasteiger partial charge on any atom is 0.277 e. The van der Waals surface area contributed by atoms with Crippen LogP contribution in [0, 0.1) is 0 Å². The predicted molar refractivity (Wildman–Crippen MR) is 78.7 cm³/mol. The number of aromatic nitrogens is 2. The average molecular weight is 312 g/mol. The highest BCUT2D eigenvalue weighted by atomic mass is 35.5. The molecule has 7 heteroatoms. The van der Waals surface area contributed by atoms with Crippen molar-refractivity contribution < 1.29 is 9.21 Å². The number of nitrogens with zero attached hydrogens (tertiary/aromatic N) is 2. The Labute approximate surface area is 126 Å². The molecule has 0 fully saturated rings. The Morgan fingerprint density at radius 3 is 3.00 bits per heavy atom. The summed E-state index contributed by atoms with van der Waals surface area (Å²) in [6.45, 7) is 4.26. The van der Waals surface area contributed by atoms with Gasteiger partial charge in [0.05, 0.1) is 5.25 Å². The maximum absolute atomic E-state index is 11.6. The molecule has 1 heterocycles. The third-order valence-electron chi connectivity index (χ3n) is 2.48.